The number of fused-ring (bicyclic) bond motifs is 4. The topological polar surface area (TPSA) is 85.3 Å². The highest BCUT2D eigenvalue weighted by molar-refractivity contribution is 7.21. The smallest absolute Gasteiger partial charge is 0.263 e. The molecule has 0 aliphatic heterocycles. The summed E-state index contributed by atoms with van der Waals surface area (Å²) in [4.78, 5) is 18.8. The van der Waals surface area contributed by atoms with Crippen molar-refractivity contribution in [1.82, 2.24) is 19.9 Å². The predicted molar refractivity (Wildman–Crippen MR) is 107 cm³/mol. The average molecular weight is 377 g/mol. The molecule has 27 heavy (non-hydrogen) atoms. The summed E-state index contributed by atoms with van der Waals surface area (Å²) >= 11 is 1.38. The Morgan fingerprint density at radius 3 is 2.67 bits per heavy atom. The molecular weight excluding hydrogens is 358 g/mol. The van der Waals surface area contributed by atoms with E-state index in [2.05, 4.69) is 27.5 Å². The summed E-state index contributed by atoms with van der Waals surface area (Å²) < 4.78 is 1.78. The minimum atomic E-state index is -0.115. The molecule has 1 amide bonds. The molecule has 7 heteroatoms. The average Bonchev–Trinajstić information content (AvgIpc) is 3.29. The van der Waals surface area contributed by atoms with Crippen LogP contribution in [0.4, 0.5) is 5.69 Å². The van der Waals surface area contributed by atoms with Gasteiger partial charge in [-0.2, -0.15) is 5.10 Å². The molecule has 0 saturated heterocycles. The summed E-state index contributed by atoms with van der Waals surface area (Å²) in [6.45, 7) is 3.85. The molecule has 3 N–H and O–H groups in total. The molecule has 0 saturated carbocycles. The number of carbonyl (C=O) groups excluding carboxylic acids is 1. The van der Waals surface area contributed by atoms with Gasteiger partial charge in [-0.25, -0.2) is 9.50 Å². The molecule has 1 aliphatic carbocycles. The van der Waals surface area contributed by atoms with Crippen LogP contribution in [0.5, 0.6) is 0 Å². The SMILES string of the molecule is Cc1nc2cc(C)c3c(N)c(C(=O)NC4Cc5ccccc5C4)sc3n2n1. The fourth-order valence-electron chi connectivity index (χ4n) is 3.98. The lowest BCUT2D eigenvalue weighted by Gasteiger charge is -2.11. The van der Waals surface area contributed by atoms with E-state index in [1.165, 1.54) is 22.5 Å². The molecule has 0 spiro atoms. The first-order valence-electron chi connectivity index (χ1n) is 8.94. The first kappa shape index (κ1) is 16.3. The number of anilines is 1. The number of aromatic nitrogens is 3. The maximum atomic E-state index is 13.0. The van der Waals surface area contributed by atoms with E-state index in [-0.39, 0.29) is 11.9 Å². The third-order valence-electron chi connectivity index (χ3n) is 5.19. The molecule has 0 radical (unpaired) electrons. The highest BCUT2D eigenvalue weighted by Crippen LogP contribution is 2.36. The van der Waals surface area contributed by atoms with E-state index in [0.29, 0.717) is 16.4 Å². The lowest BCUT2D eigenvalue weighted by Crippen LogP contribution is -2.35. The van der Waals surface area contributed by atoms with Gasteiger partial charge in [0.2, 0.25) is 0 Å². The maximum absolute atomic E-state index is 13.0. The van der Waals surface area contributed by atoms with Crippen molar-refractivity contribution in [2.45, 2.75) is 32.7 Å². The van der Waals surface area contributed by atoms with E-state index in [4.69, 9.17) is 5.73 Å². The third kappa shape index (κ3) is 2.49. The maximum Gasteiger partial charge on any atom is 0.263 e. The second-order valence-electron chi connectivity index (χ2n) is 7.13. The van der Waals surface area contributed by atoms with Crippen LogP contribution in [0.25, 0.3) is 15.9 Å². The predicted octanol–water partition coefficient (Wildman–Crippen LogP) is 3.04. The van der Waals surface area contributed by atoms with Gasteiger partial charge >= 0.3 is 0 Å². The van der Waals surface area contributed by atoms with Crippen LogP contribution in [0.1, 0.15) is 32.2 Å². The van der Waals surface area contributed by atoms with Gasteiger partial charge in [0.1, 0.15) is 15.5 Å². The Balaban J connectivity index is 1.51. The largest absolute Gasteiger partial charge is 0.397 e. The fourth-order valence-corrected chi connectivity index (χ4v) is 5.13. The van der Waals surface area contributed by atoms with Crippen molar-refractivity contribution < 1.29 is 4.79 Å². The van der Waals surface area contributed by atoms with Crippen molar-refractivity contribution in [3.63, 3.8) is 0 Å². The van der Waals surface area contributed by atoms with Gasteiger partial charge in [-0.1, -0.05) is 24.3 Å². The van der Waals surface area contributed by atoms with Crippen LogP contribution >= 0.6 is 11.3 Å². The van der Waals surface area contributed by atoms with E-state index in [9.17, 15) is 4.79 Å². The van der Waals surface area contributed by atoms with Crippen LogP contribution in [0, 0.1) is 13.8 Å². The molecule has 5 rings (SSSR count). The van der Waals surface area contributed by atoms with E-state index in [1.807, 2.05) is 32.0 Å². The van der Waals surface area contributed by atoms with Gasteiger partial charge in [0.25, 0.3) is 5.91 Å². The third-order valence-corrected chi connectivity index (χ3v) is 6.37. The second-order valence-corrected chi connectivity index (χ2v) is 8.13. The summed E-state index contributed by atoms with van der Waals surface area (Å²) in [5.41, 5.74) is 11.3. The zero-order chi connectivity index (χ0) is 18.7. The Morgan fingerprint density at radius 1 is 1.26 bits per heavy atom. The molecule has 136 valence electrons. The summed E-state index contributed by atoms with van der Waals surface area (Å²) in [6.07, 6.45) is 1.72. The van der Waals surface area contributed by atoms with Gasteiger partial charge < -0.3 is 11.1 Å². The molecule has 1 aromatic carbocycles. The first-order valence-corrected chi connectivity index (χ1v) is 9.75. The number of thiophene rings is 1. The number of rotatable bonds is 2. The number of carbonyl (C=O) groups is 1. The normalized spacial score (nSPS) is 14.1. The van der Waals surface area contributed by atoms with Crippen LogP contribution in [0.2, 0.25) is 0 Å². The highest BCUT2D eigenvalue weighted by Gasteiger charge is 2.26. The Labute approximate surface area is 160 Å². The molecule has 0 unspecified atom stereocenters. The molecule has 0 bridgehead atoms. The lowest BCUT2D eigenvalue weighted by atomic mass is 10.1. The zero-order valence-corrected chi connectivity index (χ0v) is 15.9. The molecule has 6 nitrogen and oxygen atoms in total. The Kier molecular flexibility index (Phi) is 3.48. The number of benzene rings is 1. The minimum Gasteiger partial charge on any atom is -0.397 e. The highest BCUT2D eigenvalue weighted by atomic mass is 32.1. The number of nitrogens with two attached hydrogens (primary N) is 1. The summed E-state index contributed by atoms with van der Waals surface area (Å²) in [7, 11) is 0. The van der Waals surface area contributed by atoms with E-state index >= 15 is 0 Å². The van der Waals surface area contributed by atoms with Crippen molar-refractivity contribution in [1.29, 1.82) is 0 Å². The van der Waals surface area contributed by atoms with Gasteiger partial charge in [0.05, 0.1) is 5.69 Å². The Hall–Kier alpha value is -2.93. The van der Waals surface area contributed by atoms with Gasteiger partial charge in [0, 0.05) is 11.4 Å². The molecular formula is C20H19N5OS. The molecule has 0 fully saturated rings. The summed E-state index contributed by atoms with van der Waals surface area (Å²) in [6, 6.07) is 10.4. The standard InChI is InChI=1S/C20H19N5OS/c1-10-7-15-22-11(2)24-25(15)20-16(10)17(21)18(27-20)19(26)23-14-8-12-5-3-4-6-13(12)9-14/h3-7,14H,8-9,21H2,1-2H3,(H,23,26). The number of amides is 1. The molecule has 3 aromatic heterocycles. The van der Waals surface area contributed by atoms with Gasteiger partial charge in [-0.05, 0) is 49.4 Å². The van der Waals surface area contributed by atoms with Gasteiger partial charge in [-0.15, -0.1) is 11.3 Å². The van der Waals surface area contributed by atoms with Crippen molar-refractivity contribution in [3.8, 4) is 0 Å². The summed E-state index contributed by atoms with van der Waals surface area (Å²) in [5, 5.41) is 8.50. The zero-order valence-electron chi connectivity index (χ0n) is 15.1. The summed E-state index contributed by atoms with van der Waals surface area (Å²) in [5.74, 6) is 0.583. The van der Waals surface area contributed by atoms with E-state index < -0.39 is 0 Å². The Morgan fingerprint density at radius 2 is 1.96 bits per heavy atom. The van der Waals surface area contributed by atoms with Gasteiger partial charge in [-0.3, -0.25) is 4.79 Å². The molecule has 1 aliphatic rings. The van der Waals surface area contributed by atoms with E-state index in [1.54, 1.807) is 4.52 Å². The van der Waals surface area contributed by atoms with Crippen LogP contribution in [0.3, 0.4) is 0 Å². The van der Waals surface area contributed by atoms with Crippen molar-refractivity contribution in [2.75, 3.05) is 5.73 Å². The minimum absolute atomic E-state index is 0.106. The Bertz CT molecular complexity index is 1200. The number of nitrogens with zero attached hydrogens (tertiary/aromatic N) is 3. The van der Waals surface area contributed by atoms with Crippen molar-refractivity contribution in [2.24, 2.45) is 0 Å². The lowest BCUT2D eigenvalue weighted by molar-refractivity contribution is 0.0943. The number of aryl methyl sites for hydroxylation is 2. The van der Waals surface area contributed by atoms with Crippen molar-refractivity contribution in [3.05, 3.63) is 57.7 Å². The second kappa shape index (κ2) is 5.79. The molecule has 3 heterocycles. The quantitative estimate of drug-likeness (QED) is 0.562. The van der Waals surface area contributed by atoms with Crippen LogP contribution in [-0.2, 0) is 12.8 Å². The number of nitrogen functional groups attached to an aromatic ring is 1. The van der Waals surface area contributed by atoms with Crippen LogP contribution in [0.15, 0.2) is 30.3 Å². The van der Waals surface area contributed by atoms with Gasteiger partial charge in [0.15, 0.2) is 5.65 Å². The van der Waals surface area contributed by atoms with Crippen molar-refractivity contribution >= 4 is 38.8 Å². The first-order chi connectivity index (χ1) is 13.0. The number of hydrogen-bond acceptors (Lipinski definition) is 5. The number of nitrogens with one attached hydrogen (secondary N) is 1. The molecule has 0 atom stereocenters. The number of pyridine rings is 1. The van der Waals surface area contributed by atoms with Crippen LogP contribution in [-0.4, -0.2) is 26.5 Å². The molecule has 4 aromatic rings. The fraction of sp³-hybridized carbons (Fsp3) is 0.250. The number of hydrogen-bond donors (Lipinski definition) is 2. The van der Waals surface area contributed by atoms with E-state index in [0.717, 1.165) is 34.3 Å². The van der Waals surface area contributed by atoms with Crippen LogP contribution < -0.4 is 11.1 Å². The monoisotopic (exact) mass is 377 g/mol.